The molecular weight excluding hydrogens is 270 g/mol. The maximum Gasteiger partial charge on any atom is 0.0728 e. The standard InChI is InChI=1S/C12H18BrNO2/c1-15-8-6-14-7-9-16-10-11-4-2-3-5-12(11)13/h2-5,14H,6-10H2,1H3. The van der Waals surface area contributed by atoms with Crippen LogP contribution in [0.3, 0.4) is 0 Å². The van der Waals surface area contributed by atoms with E-state index in [4.69, 9.17) is 9.47 Å². The Morgan fingerprint density at radius 1 is 1.19 bits per heavy atom. The monoisotopic (exact) mass is 287 g/mol. The summed E-state index contributed by atoms with van der Waals surface area (Å²) in [5, 5.41) is 3.23. The summed E-state index contributed by atoms with van der Waals surface area (Å²) in [5.41, 5.74) is 1.18. The highest BCUT2D eigenvalue weighted by Gasteiger charge is 1.97. The second-order valence-electron chi connectivity index (χ2n) is 3.39. The van der Waals surface area contributed by atoms with Crippen LogP contribution in [0.4, 0.5) is 0 Å². The smallest absolute Gasteiger partial charge is 0.0728 e. The fourth-order valence-electron chi connectivity index (χ4n) is 1.24. The van der Waals surface area contributed by atoms with Crippen LogP contribution in [-0.4, -0.2) is 33.4 Å². The van der Waals surface area contributed by atoms with Crippen molar-refractivity contribution in [2.45, 2.75) is 6.61 Å². The molecule has 0 heterocycles. The number of benzene rings is 1. The lowest BCUT2D eigenvalue weighted by atomic mass is 10.2. The summed E-state index contributed by atoms with van der Waals surface area (Å²) in [7, 11) is 1.70. The van der Waals surface area contributed by atoms with Crippen molar-refractivity contribution in [3.63, 3.8) is 0 Å². The minimum absolute atomic E-state index is 0.646. The predicted octanol–water partition coefficient (Wildman–Crippen LogP) is 2.20. The molecule has 0 aliphatic carbocycles. The van der Waals surface area contributed by atoms with E-state index < -0.39 is 0 Å². The van der Waals surface area contributed by atoms with Crippen LogP contribution in [0.1, 0.15) is 5.56 Å². The van der Waals surface area contributed by atoms with Crippen molar-refractivity contribution in [3.8, 4) is 0 Å². The number of nitrogens with one attached hydrogen (secondary N) is 1. The van der Waals surface area contributed by atoms with E-state index in [9.17, 15) is 0 Å². The van der Waals surface area contributed by atoms with Gasteiger partial charge in [0.1, 0.15) is 0 Å². The largest absolute Gasteiger partial charge is 0.383 e. The summed E-state index contributed by atoms with van der Waals surface area (Å²) in [6.07, 6.45) is 0. The van der Waals surface area contributed by atoms with Crippen LogP contribution in [0, 0.1) is 0 Å². The van der Waals surface area contributed by atoms with Crippen molar-refractivity contribution in [3.05, 3.63) is 34.3 Å². The maximum absolute atomic E-state index is 5.55. The second kappa shape index (κ2) is 8.70. The first-order chi connectivity index (χ1) is 7.84. The SMILES string of the molecule is COCCNCCOCc1ccccc1Br. The Bertz CT molecular complexity index is 294. The molecule has 16 heavy (non-hydrogen) atoms. The average molecular weight is 288 g/mol. The predicted molar refractivity (Wildman–Crippen MR) is 68.5 cm³/mol. The van der Waals surface area contributed by atoms with Crippen LogP contribution >= 0.6 is 15.9 Å². The first-order valence-corrected chi connectivity index (χ1v) is 6.14. The number of methoxy groups -OCH3 is 1. The molecule has 0 saturated carbocycles. The van der Waals surface area contributed by atoms with E-state index >= 15 is 0 Å². The molecule has 1 rings (SSSR count). The van der Waals surface area contributed by atoms with Gasteiger partial charge < -0.3 is 14.8 Å². The number of rotatable bonds is 8. The van der Waals surface area contributed by atoms with Gasteiger partial charge in [-0.15, -0.1) is 0 Å². The van der Waals surface area contributed by atoms with Crippen molar-refractivity contribution < 1.29 is 9.47 Å². The zero-order chi connectivity index (χ0) is 11.6. The molecule has 1 aromatic carbocycles. The Morgan fingerprint density at radius 2 is 1.94 bits per heavy atom. The second-order valence-corrected chi connectivity index (χ2v) is 4.24. The van der Waals surface area contributed by atoms with Crippen LogP contribution < -0.4 is 5.32 Å². The Morgan fingerprint density at radius 3 is 2.69 bits per heavy atom. The van der Waals surface area contributed by atoms with Gasteiger partial charge in [0.2, 0.25) is 0 Å². The van der Waals surface area contributed by atoms with Crippen LogP contribution in [0.2, 0.25) is 0 Å². The topological polar surface area (TPSA) is 30.5 Å². The molecular formula is C12H18BrNO2. The number of hydrogen-bond acceptors (Lipinski definition) is 3. The van der Waals surface area contributed by atoms with Gasteiger partial charge in [0, 0.05) is 24.7 Å². The Hall–Kier alpha value is -0.420. The first-order valence-electron chi connectivity index (χ1n) is 5.35. The third-order valence-corrected chi connectivity index (χ3v) is 2.90. The summed E-state index contributed by atoms with van der Waals surface area (Å²) in [5.74, 6) is 0. The van der Waals surface area contributed by atoms with Crippen molar-refractivity contribution >= 4 is 15.9 Å². The minimum atomic E-state index is 0.646. The summed E-state index contributed by atoms with van der Waals surface area (Å²) in [4.78, 5) is 0. The molecule has 0 aromatic heterocycles. The molecule has 4 heteroatoms. The molecule has 0 spiro atoms. The lowest BCUT2D eigenvalue weighted by Gasteiger charge is -2.07. The van der Waals surface area contributed by atoms with Crippen molar-refractivity contribution in [1.29, 1.82) is 0 Å². The third-order valence-electron chi connectivity index (χ3n) is 2.12. The summed E-state index contributed by atoms with van der Waals surface area (Å²) in [6, 6.07) is 8.10. The number of ether oxygens (including phenoxy) is 2. The van der Waals surface area contributed by atoms with Gasteiger partial charge in [0.15, 0.2) is 0 Å². The molecule has 3 nitrogen and oxygen atoms in total. The summed E-state index contributed by atoms with van der Waals surface area (Å²) in [6.45, 7) is 3.82. The van der Waals surface area contributed by atoms with E-state index in [0.717, 1.165) is 24.2 Å². The van der Waals surface area contributed by atoms with Gasteiger partial charge in [-0.05, 0) is 11.6 Å². The third kappa shape index (κ3) is 5.61. The maximum atomic E-state index is 5.55. The van der Waals surface area contributed by atoms with E-state index in [1.807, 2.05) is 18.2 Å². The van der Waals surface area contributed by atoms with Crippen LogP contribution in [0.5, 0.6) is 0 Å². The average Bonchev–Trinajstić information content (AvgIpc) is 2.30. The van der Waals surface area contributed by atoms with Crippen molar-refractivity contribution in [1.82, 2.24) is 5.32 Å². The van der Waals surface area contributed by atoms with E-state index in [2.05, 4.69) is 27.3 Å². The quantitative estimate of drug-likeness (QED) is 0.744. The van der Waals surface area contributed by atoms with Gasteiger partial charge in [0.05, 0.1) is 19.8 Å². The van der Waals surface area contributed by atoms with Crippen molar-refractivity contribution in [2.24, 2.45) is 0 Å². The molecule has 0 bridgehead atoms. The lowest BCUT2D eigenvalue weighted by Crippen LogP contribution is -2.23. The highest BCUT2D eigenvalue weighted by atomic mass is 79.9. The van der Waals surface area contributed by atoms with Gasteiger partial charge in [-0.2, -0.15) is 0 Å². The van der Waals surface area contributed by atoms with Crippen LogP contribution in [0.25, 0.3) is 0 Å². The van der Waals surface area contributed by atoms with E-state index in [1.54, 1.807) is 7.11 Å². The molecule has 0 fully saturated rings. The van der Waals surface area contributed by atoms with Crippen LogP contribution in [-0.2, 0) is 16.1 Å². The Kier molecular flexibility index (Phi) is 7.42. The lowest BCUT2D eigenvalue weighted by molar-refractivity contribution is 0.119. The number of hydrogen-bond donors (Lipinski definition) is 1. The van der Waals surface area contributed by atoms with Gasteiger partial charge in [-0.25, -0.2) is 0 Å². The van der Waals surface area contributed by atoms with Gasteiger partial charge in [0.25, 0.3) is 0 Å². The van der Waals surface area contributed by atoms with Crippen LogP contribution in [0.15, 0.2) is 28.7 Å². The molecule has 0 amide bonds. The first kappa shape index (κ1) is 13.6. The van der Waals surface area contributed by atoms with E-state index in [0.29, 0.717) is 13.2 Å². The molecule has 0 aliphatic rings. The summed E-state index contributed by atoms with van der Waals surface area (Å²) >= 11 is 3.49. The highest BCUT2D eigenvalue weighted by molar-refractivity contribution is 9.10. The molecule has 0 radical (unpaired) electrons. The minimum Gasteiger partial charge on any atom is -0.383 e. The summed E-state index contributed by atoms with van der Waals surface area (Å²) < 4.78 is 11.6. The Balaban J connectivity index is 2.05. The molecule has 90 valence electrons. The van der Waals surface area contributed by atoms with E-state index in [-0.39, 0.29) is 0 Å². The highest BCUT2D eigenvalue weighted by Crippen LogP contribution is 2.16. The molecule has 0 aliphatic heterocycles. The van der Waals surface area contributed by atoms with Gasteiger partial charge >= 0.3 is 0 Å². The zero-order valence-electron chi connectivity index (χ0n) is 9.54. The Labute approximate surface area is 105 Å². The van der Waals surface area contributed by atoms with E-state index in [1.165, 1.54) is 5.56 Å². The normalized spacial score (nSPS) is 10.6. The molecule has 1 aromatic rings. The molecule has 0 unspecified atom stereocenters. The van der Waals surface area contributed by atoms with Crippen molar-refractivity contribution in [2.75, 3.05) is 33.4 Å². The van der Waals surface area contributed by atoms with Gasteiger partial charge in [-0.3, -0.25) is 0 Å². The zero-order valence-corrected chi connectivity index (χ0v) is 11.1. The number of halogens is 1. The fourth-order valence-corrected chi connectivity index (χ4v) is 1.64. The fraction of sp³-hybridized carbons (Fsp3) is 0.500. The van der Waals surface area contributed by atoms with Gasteiger partial charge in [-0.1, -0.05) is 34.1 Å². The molecule has 0 saturated heterocycles. The molecule has 1 N–H and O–H groups in total. The molecule has 0 atom stereocenters.